The zero-order valence-electron chi connectivity index (χ0n) is 22.4. The number of ether oxygens (including phenoxy) is 2. The summed E-state index contributed by atoms with van der Waals surface area (Å²) in [6, 6.07) is 11.2. The molecule has 1 aromatic heterocycles. The van der Waals surface area contributed by atoms with E-state index in [2.05, 4.69) is 18.7 Å². The molecule has 11 heteroatoms. The van der Waals surface area contributed by atoms with Gasteiger partial charge in [-0.15, -0.1) is 0 Å². The maximum Gasteiger partial charge on any atom is 0.247 e. The summed E-state index contributed by atoms with van der Waals surface area (Å²) in [6.07, 6.45) is 1.09. The van der Waals surface area contributed by atoms with Gasteiger partial charge in [0.05, 0.1) is 28.8 Å². The molecule has 1 unspecified atom stereocenters. The molecule has 1 fully saturated rings. The molecule has 0 aliphatic carbocycles. The number of rotatable bonds is 12. The SMILES string of the molecule is CCOc1ccc2nc(N(CCN(CC)CC)C(=O)C3CCCN3S(=O)(=O)c3ccc(OC)cc3)sc2c1. The minimum Gasteiger partial charge on any atom is -0.497 e. The number of methoxy groups -OCH3 is 1. The monoisotopic (exact) mass is 560 g/mol. The predicted octanol–water partition coefficient (Wildman–Crippen LogP) is 4.23. The number of aromatic nitrogens is 1. The van der Waals surface area contributed by atoms with Crippen LogP contribution in [-0.2, 0) is 14.8 Å². The van der Waals surface area contributed by atoms with E-state index in [1.807, 2.05) is 25.1 Å². The lowest BCUT2D eigenvalue weighted by Gasteiger charge is -2.30. The number of thiazole rings is 1. The number of sulfonamides is 1. The summed E-state index contributed by atoms with van der Waals surface area (Å²) in [6.45, 7) is 9.77. The lowest BCUT2D eigenvalue weighted by atomic mass is 10.2. The zero-order valence-corrected chi connectivity index (χ0v) is 24.1. The van der Waals surface area contributed by atoms with E-state index >= 15 is 0 Å². The molecule has 4 rings (SSSR count). The average Bonchev–Trinajstić information content (AvgIpc) is 3.59. The summed E-state index contributed by atoms with van der Waals surface area (Å²) in [5, 5.41) is 0.569. The fraction of sp³-hybridized carbons (Fsp3) is 0.481. The molecular weight excluding hydrogens is 524 g/mol. The van der Waals surface area contributed by atoms with Crippen LogP contribution in [0.1, 0.15) is 33.6 Å². The van der Waals surface area contributed by atoms with Crippen molar-refractivity contribution >= 4 is 42.6 Å². The van der Waals surface area contributed by atoms with E-state index in [0.29, 0.717) is 50.0 Å². The number of nitrogens with zero attached hydrogens (tertiary/aromatic N) is 4. The Morgan fingerprint density at radius 2 is 1.79 bits per heavy atom. The molecule has 1 aliphatic heterocycles. The number of hydrogen-bond donors (Lipinski definition) is 0. The van der Waals surface area contributed by atoms with Crippen LogP contribution in [-0.4, -0.2) is 81.0 Å². The Morgan fingerprint density at radius 3 is 2.45 bits per heavy atom. The topological polar surface area (TPSA) is 92.3 Å². The van der Waals surface area contributed by atoms with E-state index in [4.69, 9.17) is 14.5 Å². The number of carbonyl (C=O) groups excluding carboxylic acids is 1. The van der Waals surface area contributed by atoms with Crippen LogP contribution in [0.3, 0.4) is 0 Å². The highest BCUT2D eigenvalue weighted by molar-refractivity contribution is 7.89. The van der Waals surface area contributed by atoms with Crippen molar-refractivity contribution in [3.63, 3.8) is 0 Å². The second-order valence-corrected chi connectivity index (χ2v) is 11.9. The highest BCUT2D eigenvalue weighted by atomic mass is 32.2. The van der Waals surface area contributed by atoms with Gasteiger partial charge < -0.3 is 14.4 Å². The average molecular weight is 561 g/mol. The van der Waals surface area contributed by atoms with Gasteiger partial charge in [0.15, 0.2) is 5.13 Å². The second kappa shape index (κ2) is 12.4. The van der Waals surface area contributed by atoms with Gasteiger partial charge in [-0.25, -0.2) is 13.4 Å². The fourth-order valence-corrected chi connectivity index (χ4v) is 7.36. The van der Waals surface area contributed by atoms with Gasteiger partial charge in [-0.05, 0) is 75.3 Å². The Morgan fingerprint density at radius 1 is 1.08 bits per heavy atom. The molecule has 0 radical (unpaired) electrons. The van der Waals surface area contributed by atoms with E-state index in [0.717, 1.165) is 29.1 Å². The van der Waals surface area contributed by atoms with Gasteiger partial charge in [-0.1, -0.05) is 25.2 Å². The van der Waals surface area contributed by atoms with Gasteiger partial charge in [0, 0.05) is 19.6 Å². The molecule has 0 spiro atoms. The normalized spacial score (nSPS) is 16.3. The van der Waals surface area contributed by atoms with Crippen LogP contribution in [0.2, 0.25) is 0 Å². The van der Waals surface area contributed by atoms with Crippen molar-refractivity contribution in [2.45, 2.75) is 44.6 Å². The molecule has 0 saturated carbocycles. The van der Waals surface area contributed by atoms with E-state index < -0.39 is 16.1 Å². The smallest absolute Gasteiger partial charge is 0.247 e. The second-order valence-electron chi connectivity index (χ2n) is 9.03. The standard InChI is InChI=1S/C27H36N4O5S2/c1-5-29(6-2)17-18-30(27-28-23-15-12-21(36-7-3)19-25(23)37-27)26(32)24-9-8-16-31(24)38(33,34)22-13-10-20(35-4)11-14-22/h10-15,19,24H,5-9,16-18H2,1-4H3. The van der Waals surface area contributed by atoms with Crippen LogP contribution in [0.25, 0.3) is 10.2 Å². The summed E-state index contributed by atoms with van der Waals surface area (Å²) in [4.78, 5) is 22.9. The number of likely N-dealkylation sites (N-methyl/N-ethyl adjacent to an activating group) is 1. The van der Waals surface area contributed by atoms with E-state index in [1.54, 1.807) is 17.0 Å². The molecule has 38 heavy (non-hydrogen) atoms. The Labute approximate surface area is 229 Å². The number of carbonyl (C=O) groups is 1. The van der Waals surface area contributed by atoms with Crippen molar-refractivity contribution in [2.24, 2.45) is 0 Å². The fourth-order valence-electron chi connectivity index (χ4n) is 4.68. The van der Waals surface area contributed by atoms with Crippen molar-refractivity contribution < 1.29 is 22.7 Å². The molecule has 9 nitrogen and oxygen atoms in total. The summed E-state index contributed by atoms with van der Waals surface area (Å²) in [7, 11) is -2.33. The highest BCUT2D eigenvalue weighted by Crippen LogP contribution is 2.34. The van der Waals surface area contributed by atoms with Gasteiger partial charge in [0.1, 0.15) is 17.5 Å². The molecule has 1 amide bonds. The summed E-state index contributed by atoms with van der Waals surface area (Å²) in [5.74, 6) is 1.09. The van der Waals surface area contributed by atoms with Crippen molar-refractivity contribution in [1.29, 1.82) is 0 Å². The third-order valence-electron chi connectivity index (χ3n) is 6.85. The van der Waals surface area contributed by atoms with Crippen LogP contribution in [0.4, 0.5) is 5.13 Å². The largest absolute Gasteiger partial charge is 0.497 e. The van der Waals surface area contributed by atoms with Gasteiger partial charge in [-0.2, -0.15) is 4.31 Å². The minimum atomic E-state index is -3.86. The van der Waals surface area contributed by atoms with Crippen LogP contribution in [0.15, 0.2) is 47.4 Å². The number of amides is 1. The maximum atomic E-state index is 14.1. The lowest BCUT2D eigenvalue weighted by Crippen LogP contribution is -2.49. The first-order chi connectivity index (χ1) is 18.3. The quantitative estimate of drug-likeness (QED) is 0.327. The number of fused-ring (bicyclic) bond motifs is 1. The van der Waals surface area contributed by atoms with Crippen LogP contribution < -0.4 is 14.4 Å². The van der Waals surface area contributed by atoms with Crippen molar-refractivity contribution in [3.8, 4) is 11.5 Å². The number of hydrogen-bond acceptors (Lipinski definition) is 8. The molecule has 1 saturated heterocycles. The van der Waals surface area contributed by atoms with Gasteiger partial charge in [-0.3, -0.25) is 9.69 Å². The number of anilines is 1. The molecule has 1 atom stereocenters. The van der Waals surface area contributed by atoms with Crippen LogP contribution >= 0.6 is 11.3 Å². The minimum absolute atomic E-state index is 0.149. The molecule has 1 aliphatic rings. The Hall–Kier alpha value is -2.73. The molecule has 0 N–H and O–H groups in total. The summed E-state index contributed by atoms with van der Waals surface area (Å²) in [5.41, 5.74) is 0.781. The van der Waals surface area contributed by atoms with Gasteiger partial charge in [0.2, 0.25) is 15.9 Å². The lowest BCUT2D eigenvalue weighted by molar-refractivity contribution is -0.121. The van der Waals surface area contributed by atoms with E-state index in [9.17, 15) is 13.2 Å². The number of benzene rings is 2. The Kier molecular flexibility index (Phi) is 9.24. The van der Waals surface area contributed by atoms with Crippen molar-refractivity contribution in [3.05, 3.63) is 42.5 Å². The zero-order chi connectivity index (χ0) is 27.3. The molecule has 2 heterocycles. The first kappa shape index (κ1) is 28.3. The van der Waals surface area contributed by atoms with Crippen molar-refractivity contribution in [2.75, 3.05) is 51.3 Å². The van der Waals surface area contributed by atoms with Crippen molar-refractivity contribution in [1.82, 2.24) is 14.2 Å². The molecule has 3 aromatic rings. The summed E-state index contributed by atoms with van der Waals surface area (Å²) >= 11 is 1.42. The molecule has 2 aromatic carbocycles. The third-order valence-corrected chi connectivity index (χ3v) is 9.81. The first-order valence-electron chi connectivity index (χ1n) is 13.0. The predicted molar refractivity (Wildman–Crippen MR) is 151 cm³/mol. The molecular formula is C27H36N4O5S2. The molecule has 0 bridgehead atoms. The van der Waals surface area contributed by atoms with Crippen LogP contribution in [0, 0.1) is 0 Å². The highest BCUT2D eigenvalue weighted by Gasteiger charge is 2.42. The van der Waals surface area contributed by atoms with Gasteiger partial charge >= 0.3 is 0 Å². The Bertz CT molecular complexity index is 1340. The first-order valence-corrected chi connectivity index (χ1v) is 15.3. The Balaban J connectivity index is 1.66. The molecule has 206 valence electrons. The maximum absolute atomic E-state index is 14.1. The van der Waals surface area contributed by atoms with E-state index in [-0.39, 0.29) is 10.8 Å². The van der Waals surface area contributed by atoms with Crippen LogP contribution in [0.5, 0.6) is 11.5 Å². The van der Waals surface area contributed by atoms with Gasteiger partial charge in [0.25, 0.3) is 0 Å². The summed E-state index contributed by atoms with van der Waals surface area (Å²) < 4.78 is 40.2. The van der Waals surface area contributed by atoms with E-state index in [1.165, 1.54) is 34.9 Å². The third kappa shape index (κ3) is 5.96.